The molecule has 1 aliphatic rings. The number of amidine groups is 1. The minimum absolute atomic E-state index is 0.353. The first-order valence-corrected chi connectivity index (χ1v) is 8.29. The van der Waals surface area contributed by atoms with Gasteiger partial charge >= 0.3 is 8.80 Å². The van der Waals surface area contributed by atoms with Crippen LogP contribution in [0.1, 0.15) is 20.8 Å². The van der Waals surface area contributed by atoms with Crippen LogP contribution in [0.4, 0.5) is 0 Å². The van der Waals surface area contributed by atoms with Gasteiger partial charge in [-0.25, -0.2) is 4.99 Å². The van der Waals surface area contributed by atoms with Crippen LogP contribution in [-0.2, 0) is 13.3 Å². The van der Waals surface area contributed by atoms with Crippen molar-refractivity contribution in [2.45, 2.75) is 31.9 Å². The predicted octanol–water partition coefficient (Wildman–Crippen LogP) is 1.40. The minimum atomic E-state index is -2.80. The number of hydrogen-bond donors (Lipinski definition) is 2. The molecule has 0 amide bonds. The van der Waals surface area contributed by atoms with E-state index in [4.69, 9.17) is 19.0 Å². The van der Waals surface area contributed by atoms with Crippen molar-refractivity contribution in [3.63, 3.8) is 0 Å². The van der Waals surface area contributed by atoms with Gasteiger partial charge in [0.1, 0.15) is 0 Å². The maximum atomic E-state index is 5.69. The van der Waals surface area contributed by atoms with Gasteiger partial charge in [0.2, 0.25) is 0 Å². The summed E-state index contributed by atoms with van der Waals surface area (Å²) in [5, 5.41) is 6.34. The first-order valence-electron chi connectivity index (χ1n) is 5.91. The van der Waals surface area contributed by atoms with Gasteiger partial charge in [0.25, 0.3) is 5.12 Å². The highest BCUT2D eigenvalue weighted by Gasteiger charge is 2.43. The second-order valence-electron chi connectivity index (χ2n) is 3.57. The summed E-state index contributed by atoms with van der Waals surface area (Å²) in [5.41, 5.74) is 5.62. The maximum Gasteiger partial charge on any atom is 0.508 e. The molecule has 18 heavy (non-hydrogen) atoms. The van der Waals surface area contributed by atoms with Gasteiger partial charge in [-0.05, 0) is 20.8 Å². The SMILES string of the molecule is CCO[Si](CC1=NC(N)(S)N=N1)(OCC)OCC. The number of aliphatic imine (C=N–C) groups is 1. The quantitative estimate of drug-likeness (QED) is 0.402. The average molecular weight is 292 g/mol. The standard InChI is InChI=1S/C9H20N4O3SSi/c1-4-14-18(15-5-2,16-6-3)7-8-11-9(10,17)13-12-8/h17H,4-7,10H2,1-3H3. The highest BCUT2D eigenvalue weighted by atomic mass is 32.1. The molecule has 0 radical (unpaired) electrons. The Labute approximate surface area is 114 Å². The largest absolute Gasteiger partial charge is 0.508 e. The zero-order valence-electron chi connectivity index (χ0n) is 10.9. The van der Waals surface area contributed by atoms with E-state index in [2.05, 4.69) is 27.8 Å². The molecule has 2 N–H and O–H groups in total. The van der Waals surface area contributed by atoms with Gasteiger partial charge in [-0.15, -0.1) is 22.9 Å². The Hall–Kier alpha value is -0.323. The molecule has 0 aromatic rings. The Balaban J connectivity index is 2.80. The molecule has 0 spiro atoms. The summed E-state index contributed by atoms with van der Waals surface area (Å²) >= 11 is 4.04. The number of hydrogen-bond acceptors (Lipinski definition) is 8. The van der Waals surface area contributed by atoms with Crippen LogP contribution in [0.5, 0.6) is 0 Å². The molecule has 0 saturated carbocycles. The lowest BCUT2D eigenvalue weighted by Gasteiger charge is -2.27. The summed E-state index contributed by atoms with van der Waals surface area (Å²) in [6.45, 7) is 7.19. The second kappa shape index (κ2) is 6.73. The van der Waals surface area contributed by atoms with Crippen molar-refractivity contribution in [2.75, 3.05) is 19.8 Å². The number of nitrogens with zero attached hydrogens (tertiary/aromatic N) is 3. The molecule has 104 valence electrons. The fourth-order valence-electron chi connectivity index (χ4n) is 1.57. The van der Waals surface area contributed by atoms with Crippen molar-refractivity contribution in [2.24, 2.45) is 21.0 Å². The molecule has 7 nitrogen and oxygen atoms in total. The summed E-state index contributed by atoms with van der Waals surface area (Å²) in [7, 11) is -2.80. The number of thiol groups is 1. The second-order valence-corrected chi connectivity index (χ2v) is 6.82. The van der Waals surface area contributed by atoms with E-state index in [0.29, 0.717) is 31.7 Å². The summed E-state index contributed by atoms with van der Waals surface area (Å²) in [4.78, 5) is 4.07. The Morgan fingerprint density at radius 1 is 1.17 bits per heavy atom. The Kier molecular flexibility index (Phi) is 5.88. The van der Waals surface area contributed by atoms with Crippen LogP contribution in [0.3, 0.4) is 0 Å². The Morgan fingerprint density at radius 2 is 1.67 bits per heavy atom. The summed E-state index contributed by atoms with van der Waals surface area (Å²) in [5.74, 6) is 0.453. The van der Waals surface area contributed by atoms with E-state index in [1.807, 2.05) is 20.8 Å². The average Bonchev–Trinajstić information content (AvgIpc) is 2.59. The third-order valence-electron chi connectivity index (χ3n) is 2.07. The topological polar surface area (TPSA) is 90.8 Å². The molecule has 1 aliphatic heterocycles. The van der Waals surface area contributed by atoms with Crippen LogP contribution in [0, 0.1) is 0 Å². The van der Waals surface area contributed by atoms with Gasteiger partial charge in [0, 0.05) is 19.8 Å². The van der Waals surface area contributed by atoms with E-state index >= 15 is 0 Å². The third kappa shape index (κ3) is 4.41. The number of azo groups is 1. The third-order valence-corrected chi connectivity index (χ3v) is 5.20. The van der Waals surface area contributed by atoms with E-state index < -0.39 is 13.9 Å². The number of rotatable bonds is 8. The summed E-state index contributed by atoms with van der Waals surface area (Å²) in [6, 6.07) is 0.353. The van der Waals surface area contributed by atoms with Crippen LogP contribution in [0.2, 0.25) is 6.04 Å². The minimum Gasteiger partial charge on any atom is -0.373 e. The van der Waals surface area contributed by atoms with Crippen LogP contribution in [0.25, 0.3) is 0 Å². The molecule has 0 aliphatic carbocycles. The van der Waals surface area contributed by atoms with Crippen molar-refractivity contribution in [3.8, 4) is 0 Å². The molecule has 1 heterocycles. The smallest absolute Gasteiger partial charge is 0.373 e. The molecule has 0 fully saturated rings. The summed E-state index contributed by atoms with van der Waals surface area (Å²) in [6.07, 6.45) is 0. The predicted molar refractivity (Wildman–Crippen MR) is 73.6 cm³/mol. The fourth-order valence-corrected chi connectivity index (χ4v) is 4.15. The normalized spacial score (nSPS) is 23.5. The van der Waals surface area contributed by atoms with Crippen LogP contribution >= 0.6 is 12.6 Å². The van der Waals surface area contributed by atoms with E-state index in [1.165, 1.54) is 0 Å². The van der Waals surface area contributed by atoms with Crippen LogP contribution in [0.15, 0.2) is 15.2 Å². The van der Waals surface area contributed by atoms with Gasteiger partial charge in [-0.3, -0.25) is 5.73 Å². The van der Waals surface area contributed by atoms with Crippen LogP contribution in [-0.4, -0.2) is 39.6 Å². The Morgan fingerprint density at radius 3 is 2.00 bits per heavy atom. The Bertz CT molecular complexity index is 321. The highest BCUT2D eigenvalue weighted by molar-refractivity contribution is 7.81. The van der Waals surface area contributed by atoms with Crippen LogP contribution < -0.4 is 5.73 Å². The summed E-state index contributed by atoms with van der Waals surface area (Å²) < 4.78 is 17.1. The van der Waals surface area contributed by atoms with E-state index in [0.717, 1.165) is 0 Å². The monoisotopic (exact) mass is 292 g/mol. The molecule has 0 aromatic carbocycles. The lowest BCUT2D eigenvalue weighted by atomic mass is 10.7. The first-order chi connectivity index (χ1) is 8.47. The van der Waals surface area contributed by atoms with E-state index in [-0.39, 0.29) is 0 Å². The van der Waals surface area contributed by atoms with Crippen molar-refractivity contribution in [3.05, 3.63) is 0 Å². The molecule has 0 saturated heterocycles. The maximum absolute atomic E-state index is 5.69. The molecule has 1 atom stereocenters. The van der Waals surface area contributed by atoms with Gasteiger partial charge in [-0.2, -0.15) is 0 Å². The van der Waals surface area contributed by atoms with Crippen molar-refractivity contribution in [1.29, 1.82) is 0 Å². The fraction of sp³-hybridized carbons (Fsp3) is 0.889. The van der Waals surface area contributed by atoms with Gasteiger partial charge < -0.3 is 13.3 Å². The molecule has 9 heteroatoms. The first kappa shape index (κ1) is 15.7. The van der Waals surface area contributed by atoms with Gasteiger partial charge in [-0.1, -0.05) is 0 Å². The zero-order valence-corrected chi connectivity index (χ0v) is 12.8. The molecular weight excluding hydrogens is 272 g/mol. The molecule has 0 bridgehead atoms. The van der Waals surface area contributed by atoms with E-state index in [1.54, 1.807) is 0 Å². The van der Waals surface area contributed by atoms with Crippen molar-refractivity contribution >= 4 is 27.3 Å². The lowest BCUT2D eigenvalue weighted by molar-refractivity contribution is 0.0753. The van der Waals surface area contributed by atoms with Gasteiger partial charge in [0.15, 0.2) is 5.84 Å². The lowest BCUT2D eigenvalue weighted by Crippen LogP contribution is -2.47. The van der Waals surface area contributed by atoms with Gasteiger partial charge in [0.05, 0.1) is 6.04 Å². The molecule has 1 rings (SSSR count). The number of nitrogens with two attached hydrogens (primary N) is 1. The molecular formula is C9H20N4O3SSi. The molecule has 0 aromatic heterocycles. The van der Waals surface area contributed by atoms with Crippen molar-refractivity contribution in [1.82, 2.24) is 0 Å². The van der Waals surface area contributed by atoms with Crippen molar-refractivity contribution < 1.29 is 13.3 Å². The highest BCUT2D eigenvalue weighted by Crippen LogP contribution is 2.24. The zero-order chi connectivity index (χ0) is 13.6. The molecule has 1 unspecified atom stereocenters. The van der Waals surface area contributed by atoms with E-state index in [9.17, 15) is 0 Å².